The van der Waals surface area contributed by atoms with Gasteiger partial charge in [0.05, 0.1) is 5.75 Å². The van der Waals surface area contributed by atoms with E-state index in [9.17, 15) is 13.2 Å². The first kappa shape index (κ1) is 23.0. The largest absolute Gasteiger partial charge is 0.351 e. The number of rotatable bonds is 7. The number of fused-ring (bicyclic) bond motifs is 1. The van der Waals surface area contributed by atoms with Crippen LogP contribution in [0.3, 0.4) is 0 Å². The number of hydrogen-bond donors (Lipinski definition) is 3. The van der Waals surface area contributed by atoms with E-state index in [1.807, 2.05) is 24.3 Å². The van der Waals surface area contributed by atoms with Gasteiger partial charge in [-0.2, -0.15) is 0 Å². The Morgan fingerprint density at radius 2 is 1.71 bits per heavy atom. The molecule has 7 heteroatoms. The average molecular weight is 442 g/mol. The van der Waals surface area contributed by atoms with Crippen LogP contribution in [0.5, 0.6) is 0 Å². The Morgan fingerprint density at radius 3 is 2.35 bits per heavy atom. The molecule has 3 aromatic rings. The molecule has 0 saturated carbocycles. The molecule has 0 radical (unpaired) electrons. The van der Waals surface area contributed by atoms with Crippen molar-refractivity contribution >= 4 is 26.8 Å². The van der Waals surface area contributed by atoms with Crippen LogP contribution in [0.1, 0.15) is 61.8 Å². The normalized spacial score (nSPS) is 12.5. The molecule has 0 aliphatic heterocycles. The first-order valence-corrected chi connectivity index (χ1v) is 12.1. The van der Waals surface area contributed by atoms with Gasteiger partial charge in [-0.3, -0.25) is 4.79 Å². The molecule has 0 unspecified atom stereocenters. The van der Waals surface area contributed by atoms with Gasteiger partial charge in [-0.15, -0.1) is 0 Å². The summed E-state index contributed by atoms with van der Waals surface area (Å²) < 4.78 is 27.2. The van der Waals surface area contributed by atoms with Gasteiger partial charge in [-0.25, -0.2) is 13.1 Å². The molecule has 0 spiro atoms. The zero-order valence-electron chi connectivity index (χ0n) is 18.7. The lowest BCUT2D eigenvalue weighted by Gasteiger charge is -2.18. The van der Waals surface area contributed by atoms with Crippen LogP contribution in [0, 0.1) is 0 Å². The second-order valence-electron chi connectivity index (χ2n) is 9.22. The van der Waals surface area contributed by atoms with Gasteiger partial charge < -0.3 is 10.3 Å². The van der Waals surface area contributed by atoms with Crippen LogP contribution in [-0.4, -0.2) is 25.4 Å². The molecule has 0 bridgehead atoms. The Hall–Kier alpha value is -2.64. The summed E-state index contributed by atoms with van der Waals surface area (Å²) in [6, 6.07) is 15.1. The molecule has 0 aliphatic carbocycles. The number of carbonyl (C=O) groups is 1. The highest BCUT2D eigenvalue weighted by Gasteiger charge is 2.17. The maximum absolute atomic E-state index is 12.7. The number of hydrogen-bond acceptors (Lipinski definition) is 3. The SMILES string of the molecule is CC(C)NS(=O)(=O)Cc1ccccc1CNC(=O)c1cc2ccc(C(C)(C)C)cc2[nH]1. The molecule has 2 aromatic carbocycles. The number of amides is 1. The molecule has 31 heavy (non-hydrogen) atoms. The van der Waals surface area contributed by atoms with Crippen molar-refractivity contribution in [2.75, 3.05) is 0 Å². The van der Waals surface area contributed by atoms with E-state index in [2.05, 4.69) is 47.9 Å². The molecule has 0 fully saturated rings. The third-order valence-electron chi connectivity index (χ3n) is 5.05. The highest BCUT2D eigenvalue weighted by atomic mass is 32.2. The zero-order valence-corrected chi connectivity index (χ0v) is 19.6. The summed E-state index contributed by atoms with van der Waals surface area (Å²) >= 11 is 0. The molecule has 3 N–H and O–H groups in total. The Morgan fingerprint density at radius 1 is 1.03 bits per heavy atom. The minimum absolute atomic E-state index is 0.0240. The number of aromatic nitrogens is 1. The van der Waals surface area contributed by atoms with Crippen LogP contribution in [0.4, 0.5) is 0 Å². The third kappa shape index (κ3) is 5.95. The molecule has 1 aromatic heterocycles. The fraction of sp³-hybridized carbons (Fsp3) is 0.375. The molecule has 1 heterocycles. The molecular weight excluding hydrogens is 410 g/mol. The van der Waals surface area contributed by atoms with Crippen molar-refractivity contribution < 1.29 is 13.2 Å². The summed E-state index contributed by atoms with van der Waals surface area (Å²) in [5.74, 6) is -0.356. The summed E-state index contributed by atoms with van der Waals surface area (Å²) in [6.07, 6.45) is 0. The standard InChI is InChI=1S/C24H31N3O3S/c1-16(2)27-31(29,30)15-19-9-7-6-8-18(19)14-25-23(28)22-12-17-10-11-20(24(3,4)5)13-21(17)26-22/h6-13,16,26-27H,14-15H2,1-5H3,(H,25,28). The van der Waals surface area contributed by atoms with Gasteiger partial charge in [0.2, 0.25) is 10.0 Å². The minimum atomic E-state index is -3.45. The number of H-pyrrole nitrogens is 1. The Bertz CT molecular complexity index is 1190. The van der Waals surface area contributed by atoms with Gasteiger partial charge in [0.1, 0.15) is 5.69 Å². The van der Waals surface area contributed by atoms with Gasteiger partial charge in [-0.05, 0) is 48.1 Å². The summed E-state index contributed by atoms with van der Waals surface area (Å²) in [6.45, 7) is 10.3. The maximum atomic E-state index is 12.7. The Balaban J connectivity index is 1.74. The highest BCUT2D eigenvalue weighted by Crippen LogP contribution is 2.26. The fourth-order valence-electron chi connectivity index (χ4n) is 3.46. The van der Waals surface area contributed by atoms with Crippen molar-refractivity contribution in [1.82, 2.24) is 15.0 Å². The number of benzene rings is 2. The smallest absolute Gasteiger partial charge is 0.267 e. The second kappa shape index (κ2) is 8.85. The van der Waals surface area contributed by atoms with Crippen LogP contribution >= 0.6 is 0 Å². The number of aromatic amines is 1. The monoisotopic (exact) mass is 441 g/mol. The zero-order chi connectivity index (χ0) is 22.8. The molecule has 0 aliphatic rings. The fourth-order valence-corrected chi connectivity index (χ4v) is 4.96. The molecule has 6 nitrogen and oxygen atoms in total. The average Bonchev–Trinajstić information content (AvgIpc) is 3.08. The number of carbonyl (C=O) groups excluding carboxylic acids is 1. The number of sulfonamides is 1. The first-order valence-electron chi connectivity index (χ1n) is 10.4. The van der Waals surface area contributed by atoms with E-state index in [0.29, 0.717) is 11.3 Å². The lowest BCUT2D eigenvalue weighted by molar-refractivity contribution is 0.0946. The molecule has 3 rings (SSSR count). The maximum Gasteiger partial charge on any atom is 0.267 e. The third-order valence-corrected chi connectivity index (χ3v) is 6.57. The van der Waals surface area contributed by atoms with E-state index < -0.39 is 10.0 Å². The van der Waals surface area contributed by atoms with Crippen molar-refractivity contribution in [1.29, 1.82) is 0 Å². The van der Waals surface area contributed by atoms with Crippen LogP contribution in [0.2, 0.25) is 0 Å². The highest BCUT2D eigenvalue weighted by molar-refractivity contribution is 7.88. The molecule has 1 amide bonds. The summed E-state index contributed by atoms with van der Waals surface area (Å²) in [7, 11) is -3.45. The first-order chi connectivity index (χ1) is 14.4. The quantitative estimate of drug-likeness (QED) is 0.513. The summed E-state index contributed by atoms with van der Waals surface area (Å²) in [5.41, 5.74) is 4.06. The van der Waals surface area contributed by atoms with Gasteiger partial charge in [0.25, 0.3) is 5.91 Å². The predicted octanol–water partition coefficient (Wildman–Crippen LogP) is 4.22. The van der Waals surface area contributed by atoms with Crippen LogP contribution in [0.25, 0.3) is 10.9 Å². The predicted molar refractivity (Wildman–Crippen MR) is 126 cm³/mol. The van der Waals surface area contributed by atoms with Crippen molar-refractivity contribution in [2.24, 2.45) is 0 Å². The van der Waals surface area contributed by atoms with Gasteiger partial charge >= 0.3 is 0 Å². The van der Waals surface area contributed by atoms with E-state index in [4.69, 9.17) is 0 Å². The van der Waals surface area contributed by atoms with E-state index >= 15 is 0 Å². The van der Waals surface area contributed by atoms with Gasteiger partial charge in [-0.1, -0.05) is 57.2 Å². The minimum Gasteiger partial charge on any atom is -0.351 e. The summed E-state index contributed by atoms with van der Waals surface area (Å²) in [5, 5.41) is 3.88. The van der Waals surface area contributed by atoms with Crippen molar-refractivity contribution in [3.8, 4) is 0 Å². The lowest BCUT2D eigenvalue weighted by Crippen LogP contribution is -2.32. The van der Waals surface area contributed by atoms with Crippen molar-refractivity contribution in [3.05, 3.63) is 70.9 Å². The Kier molecular flexibility index (Phi) is 6.57. The summed E-state index contributed by atoms with van der Waals surface area (Å²) in [4.78, 5) is 15.9. The molecule has 166 valence electrons. The number of nitrogens with one attached hydrogen (secondary N) is 3. The molecular formula is C24H31N3O3S. The van der Waals surface area contributed by atoms with Crippen LogP contribution < -0.4 is 10.0 Å². The molecule has 0 saturated heterocycles. The van der Waals surface area contributed by atoms with Crippen molar-refractivity contribution in [3.63, 3.8) is 0 Å². The van der Waals surface area contributed by atoms with Gasteiger partial charge in [0, 0.05) is 23.5 Å². The van der Waals surface area contributed by atoms with Crippen molar-refractivity contribution in [2.45, 2.75) is 58.4 Å². The van der Waals surface area contributed by atoms with Gasteiger partial charge in [0.15, 0.2) is 0 Å². The lowest BCUT2D eigenvalue weighted by atomic mass is 9.87. The topological polar surface area (TPSA) is 91.1 Å². The van der Waals surface area contributed by atoms with Crippen LogP contribution in [-0.2, 0) is 27.7 Å². The second-order valence-corrected chi connectivity index (χ2v) is 11.0. The van der Waals surface area contributed by atoms with E-state index in [1.54, 1.807) is 26.0 Å². The van der Waals surface area contributed by atoms with E-state index in [-0.39, 0.29) is 29.7 Å². The van der Waals surface area contributed by atoms with E-state index in [0.717, 1.165) is 16.5 Å². The Labute approximate surface area is 184 Å². The molecule has 0 atom stereocenters. The van der Waals surface area contributed by atoms with Crippen LogP contribution in [0.15, 0.2) is 48.5 Å². The van der Waals surface area contributed by atoms with E-state index in [1.165, 1.54) is 5.56 Å².